The topological polar surface area (TPSA) is 55.6 Å². The van der Waals surface area contributed by atoms with Crippen molar-refractivity contribution in [1.29, 1.82) is 0 Å². The molecule has 0 aliphatic heterocycles. The first-order chi connectivity index (χ1) is 4.63. The molecule has 0 aromatic carbocycles. The van der Waals surface area contributed by atoms with Crippen molar-refractivity contribution < 1.29 is 108 Å². The van der Waals surface area contributed by atoms with E-state index in [-0.39, 0.29) is 108 Å². The molecule has 0 bridgehead atoms. The van der Waals surface area contributed by atoms with Gasteiger partial charge in [0.25, 0.3) is 0 Å². The van der Waals surface area contributed by atoms with E-state index in [4.69, 9.17) is 0 Å². The molecule has 0 rings (SSSR count). The van der Waals surface area contributed by atoms with Gasteiger partial charge in [0.05, 0.1) is 0 Å². The average Bonchev–Trinajstić information content (AvgIpc) is 1.79. The molecule has 0 atom stereocenters. The first kappa shape index (κ1) is 25.3. The molecule has 13 heavy (non-hydrogen) atoms. The van der Waals surface area contributed by atoms with Gasteiger partial charge in [-0.2, -0.15) is 0 Å². The van der Waals surface area contributed by atoms with Crippen molar-refractivity contribution >= 4 is 58.3 Å². The fraction of sp³-hybridized carbons (Fsp3) is 0.500. The van der Waals surface area contributed by atoms with Gasteiger partial charge in [0.1, 0.15) is 0 Å². The van der Waals surface area contributed by atoms with Gasteiger partial charge in [-0.15, -0.1) is 0 Å². The zero-order valence-corrected chi connectivity index (χ0v) is 17.1. The van der Waals surface area contributed by atoms with Gasteiger partial charge in [-0.1, -0.05) is 8.64 Å². The van der Waals surface area contributed by atoms with Crippen molar-refractivity contribution in [1.82, 2.24) is 10.6 Å². The van der Waals surface area contributed by atoms with Crippen LogP contribution in [0.1, 0.15) is 0 Å². The van der Waals surface area contributed by atoms with E-state index in [1.807, 2.05) is 0 Å². The molecule has 0 fully saturated rings. The Hall–Kier alpha value is 3.45. The van der Waals surface area contributed by atoms with Gasteiger partial charge in [-0.25, -0.2) is 0 Å². The van der Waals surface area contributed by atoms with Crippen molar-refractivity contribution in [2.75, 3.05) is 13.1 Å². The molecular weight excluding hydrogens is 299 g/mol. The Morgan fingerprint density at radius 2 is 1.15 bits per heavy atom. The summed E-state index contributed by atoms with van der Waals surface area (Å²) in [5.74, 6) is 0. The third kappa shape index (κ3) is 25.6. The van der Waals surface area contributed by atoms with E-state index in [0.29, 0.717) is 21.7 Å². The summed E-state index contributed by atoms with van der Waals surface area (Å²) in [4.78, 5) is 0. The monoisotopic (exact) mass is 306 g/mol. The molecule has 0 heterocycles. The van der Waals surface area contributed by atoms with Gasteiger partial charge in [0, 0.05) is 13.1 Å². The normalized spacial score (nSPS) is 6.46. The molecule has 66 valence electrons. The van der Waals surface area contributed by atoms with Crippen LogP contribution in [-0.4, -0.2) is 27.2 Å². The molecule has 0 saturated carbocycles. The Morgan fingerprint density at radius 3 is 1.31 bits per heavy atom. The predicted molar refractivity (Wildman–Crippen MR) is 59.5 cm³/mol. The zero-order chi connectivity index (χ0) is 7.98. The van der Waals surface area contributed by atoms with E-state index in [1.165, 1.54) is 0 Å². The average molecular weight is 307 g/mol. The maximum atomic E-state index is 4.59. The Labute approximate surface area is 185 Å². The maximum Gasteiger partial charge on any atom is 1.00 e. The van der Waals surface area contributed by atoms with Crippen LogP contribution in [0.15, 0.2) is 0 Å². The number of thiocarbonyl (C=S) groups is 2. The van der Waals surface area contributed by atoms with Gasteiger partial charge in [0.2, 0.25) is 0 Å². The first-order valence-electron chi connectivity index (χ1n) is 2.52. The molecule has 0 unspecified atom stereocenters. The van der Waals surface area contributed by atoms with E-state index < -0.39 is 0 Å². The third-order valence-electron chi connectivity index (χ3n) is 0.664. The van der Waals surface area contributed by atoms with Crippen molar-refractivity contribution in [2.45, 2.75) is 0 Å². The molecule has 0 aliphatic carbocycles. The first-order valence-corrected chi connectivity index (χ1v) is 4.16. The van der Waals surface area contributed by atoms with Crippen LogP contribution in [-0.2, 0) is 25.3 Å². The van der Waals surface area contributed by atoms with E-state index in [1.54, 1.807) is 0 Å². The van der Waals surface area contributed by atoms with Crippen molar-refractivity contribution in [2.24, 2.45) is 0 Å². The number of hydrogen-bond acceptors (Lipinski definition) is 4. The Kier molecular flexibility index (Phi) is 34.8. The van der Waals surface area contributed by atoms with Gasteiger partial charge in [-0.3, -0.25) is 0 Å². The van der Waals surface area contributed by atoms with Gasteiger partial charge in [0.15, 0.2) is 0 Å². The maximum absolute atomic E-state index is 4.59. The Bertz CT molecular complexity index is 132. The van der Waals surface area contributed by atoms with Gasteiger partial charge >= 0.3 is 103 Å². The minimum atomic E-state index is 0. The second kappa shape index (κ2) is 17.8. The quantitative estimate of drug-likeness (QED) is 0.234. The molecule has 0 spiro atoms. The van der Waals surface area contributed by atoms with Crippen LogP contribution in [0, 0.1) is 0 Å². The second-order valence-electron chi connectivity index (χ2n) is 1.43. The van der Waals surface area contributed by atoms with Crippen molar-refractivity contribution in [3.05, 3.63) is 0 Å². The molecule has 0 aromatic heterocycles. The number of hydrogen-bond donors (Lipinski definition) is 2. The van der Waals surface area contributed by atoms with Gasteiger partial charge in [-0.05, 0) is 0 Å². The van der Waals surface area contributed by atoms with Gasteiger partial charge < -0.3 is 65.8 Å². The summed E-state index contributed by atoms with van der Waals surface area (Å²) in [6.07, 6.45) is 0. The van der Waals surface area contributed by atoms with E-state index >= 15 is 0 Å². The third-order valence-corrected chi connectivity index (χ3v) is 1.24. The SMILES string of the molecule is O.S=C([S-])NCCNC(=S)[S-].[K+].[K+]. The van der Waals surface area contributed by atoms with Crippen LogP contribution in [0.5, 0.6) is 0 Å². The summed E-state index contributed by atoms with van der Waals surface area (Å²) in [7, 11) is 0. The number of rotatable bonds is 3. The Morgan fingerprint density at radius 1 is 0.923 bits per heavy atom. The van der Waals surface area contributed by atoms with Crippen LogP contribution in [0.25, 0.3) is 0 Å². The Balaban J connectivity index is -0.000000135. The summed E-state index contributed by atoms with van der Waals surface area (Å²) < 4.78 is 0.745. The van der Waals surface area contributed by atoms with E-state index in [2.05, 4.69) is 60.3 Å². The molecule has 0 aromatic rings. The summed E-state index contributed by atoms with van der Waals surface area (Å²) >= 11 is 18.4. The van der Waals surface area contributed by atoms with Crippen LogP contribution in [0.2, 0.25) is 0 Å². The van der Waals surface area contributed by atoms with Crippen LogP contribution < -0.4 is 113 Å². The molecule has 0 aliphatic rings. The van der Waals surface area contributed by atoms with Crippen LogP contribution in [0.4, 0.5) is 0 Å². The van der Waals surface area contributed by atoms with Crippen LogP contribution in [0.3, 0.4) is 0 Å². The molecule has 9 heteroatoms. The molecule has 4 N–H and O–H groups in total. The molecule has 0 saturated heterocycles. The minimum absolute atomic E-state index is 0. The molecule has 0 radical (unpaired) electrons. The smallest absolute Gasteiger partial charge is 0.412 e. The predicted octanol–water partition coefficient (Wildman–Crippen LogP) is -6.99. The van der Waals surface area contributed by atoms with E-state index in [0.717, 1.165) is 0 Å². The summed E-state index contributed by atoms with van der Waals surface area (Å²) in [6.45, 7) is 1.33. The second-order valence-corrected chi connectivity index (χ2v) is 3.58. The molecular formula is C4H8K2N2OS4. The van der Waals surface area contributed by atoms with Crippen molar-refractivity contribution in [3.63, 3.8) is 0 Å². The summed E-state index contributed by atoms with van der Waals surface area (Å²) in [5, 5.41) is 5.56. The number of nitrogens with one attached hydrogen (secondary N) is 2. The van der Waals surface area contributed by atoms with Crippen LogP contribution >= 0.6 is 24.4 Å². The fourth-order valence-corrected chi connectivity index (χ4v) is 0.737. The molecule has 0 amide bonds. The minimum Gasteiger partial charge on any atom is -0.412 e. The standard InChI is InChI=1S/C4H8N2S4.2K.H2O/c7-3(8)5-1-2-6-4(9)10;;;/h1-2H2,(H2,5,7,8)(H2,6,9,10);;;1H2/q;2*+1;/p-2. The zero-order valence-electron chi connectivity index (χ0n) is 7.55. The summed E-state index contributed by atoms with van der Waals surface area (Å²) in [5.41, 5.74) is 0. The van der Waals surface area contributed by atoms with Crippen molar-refractivity contribution in [3.8, 4) is 0 Å². The van der Waals surface area contributed by atoms with E-state index in [9.17, 15) is 0 Å². The largest absolute Gasteiger partial charge is 1.00 e. The molecule has 3 nitrogen and oxygen atoms in total. The summed E-state index contributed by atoms with van der Waals surface area (Å²) in [6, 6.07) is 0. The fourth-order valence-electron chi connectivity index (χ4n) is 0.329.